The summed E-state index contributed by atoms with van der Waals surface area (Å²) in [4.78, 5) is 14.7. The van der Waals surface area contributed by atoms with Crippen molar-refractivity contribution < 1.29 is 13.9 Å². The number of ether oxygens (including phenoxy) is 1. The number of rotatable bonds is 6. The molecular weight excluding hydrogens is 304 g/mol. The summed E-state index contributed by atoms with van der Waals surface area (Å²) < 4.78 is 10.9. The third-order valence-corrected chi connectivity index (χ3v) is 4.76. The Morgan fingerprint density at radius 2 is 2.17 bits per heavy atom. The Morgan fingerprint density at radius 3 is 2.92 bits per heavy atom. The van der Waals surface area contributed by atoms with Crippen molar-refractivity contribution in [1.29, 1.82) is 0 Å². The number of furan rings is 1. The minimum atomic E-state index is -0.166. The van der Waals surface area contributed by atoms with E-state index in [1.807, 2.05) is 18.2 Å². The molecule has 1 aromatic carbocycles. The van der Waals surface area contributed by atoms with Crippen molar-refractivity contribution in [2.45, 2.75) is 26.2 Å². The van der Waals surface area contributed by atoms with Crippen LogP contribution in [0, 0.1) is 5.92 Å². The fourth-order valence-corrected chi connectivity index (χ4v) is 3.19. The third-order valence-electron chi connectivity index (χ3n) is 4.76. The van der Waals surface area contributed by atoms with E-state index < -0.39 is 0 Å². The van der Waals surface area contributed by atoms with Crippen molar-refractivity contribution in [1.82, 2.24) is 10.2 Å². The SMILES string of the molecule is COc1cccc2cc(C(=O)NCCCN3CCC(C)CC3)oc12. The predicted octanol–water partition coefficient (Wildman–Crippen LogP) is 3.29. The molecule has 1 N–H and O–H groups in total. The van der Waals surface area contributed by atoms with Crippen LogP contribution in [0.15, 0.2) is 28.7 Å². The van der Waals surface area contributed by atoms with Gasteiger partial charge in [0.1, 0.15) is 0 Å². The number of amides is 1. The van der Waals surface area contributed by atoms with E-state index in [9.17, 15) is 4.79 Å². The number of hydrogen-bond acceptors (Lipinski definition) is 4. The van der Waals surface area contributed by atoms with Crippen molar-refractivity contribution in [3.63, 3.8) is 0 Å². The number of carbonyl (C=O) groups is 1. The number of para-hydroxylation sites is 1. The van der Waals surface area contributed by atoms with Crippen molar-refractivity contribution in [2.24, 2.45) is 5.92 Å². The smallest absolute Gasteiger partial charge is 0.287 e. The van der Waals surface area contributed by atoms with Gasteiger partial charge < -0.3 is 19.4 Å². The second-order valence-electron chi connectivity index (χ2n) is 6.62. The Hall–Kier alpha value is -2.01. The Labute approximate surface area is 143 Å². The average Bonchev–Trinajstić information content (AvgIpc) is 3.04. The molecule has 3 rings (SSSR count). The molecule has 2 aromatic rings. The van der Waals surface area contributed by atoms with Gasteiger partial charge in [-0.2, -0.15) is 0 Å². The molecule has 0 spiro atoms. The van der Waals surface area contributed by atoms with Gasteiger partial charge in [0, 0.05) is 11.9 Å². The van der Waals surface area contributed by atoms with Crippen molar-refractivity contribution in [3.8, 4) is 5.75 Å². The Morgan fingerprint density at radius 1 is 1.38 bits per heavy atom. The summed E-state index contributed by atoms with van der Waals surface area (Å²) in [5.41, 5.74) is 0.618. The maximum atomic E-state index is 12.2. The lowest BCUT2D eigenvalue weighted by atomic mass is 9.99. The molecule has 1 aromatic heterocycles. The van der Waals surface area contributed by atoms with Crippen LogP contribution in [0.2, 0.25) is 0 Å². The highest BCUT2D eigenvalue weighted by molar-refractivity contribution is 5.97. The number of hydrogen-bond donors (Lipinski definition) is 1. The Balaban J connectivity index is 1.48. The molecule has 5 heteroatoms. The molecule has 0 saturated carbocycles. The highest BCUT2D eigenvalue weighted by atomic mass is 16.5. The summed E-state index contributed by atoms with van der Waals surface area (Å²) in [5, 5.41) is 3.82. The molecule has 1 aliphatic heterocycles. The molecule has 24 heavy (non-hydrogen) atoms. The van der Waals surface area contributed by atoms with Crippen LogP contribution in [0.1, 0.15) is 36.7 Å². The van der Waals surface area contributed by atoms with Crippen LogP contribution in [0.25, 0.3) is 11.0 Å². The van der Waals surface area contributed by atoms with Gasteiger partial charge in [-0.15, -0.1) is 0 Å². The summed E-state index contributed by atoms with van der Waals surface area (Å²) in [6.07, 6.45) is 3.53. The summed E-state index contributed by atoms with van der Waals surface area (Å²) in [7, 11) is 1.60. The fraction of sp³-hybridized carbons (Fsp3) is 0.526. The van der Waals surface area contributed by atoms with Crippen molar-refractivity contribution >= 4 is 16.9 Å². The zero-order valence-corrected chi connectivity index (χ0v) is 14.5. The van der Waals surface area contributed by atoms with Crippen LogP contribution < -0.4 is 10.1 Å². The maximum absolute atomic E-state index is 12.2. The molecule has 0 aliphatic carbocycles. The first-order chi connectivity index (χ1) is 11.7. The average molecular weight is 330 g/mol. The van der Waals surface area contributed by atoms with Crippen molar-refractivity contribution in [2.75, 3.05) is 33.3 Å². The van der Waals surface area contributed by atoms with Gasteiger partial charge in [-0.1, -0.05) is 19.1 Å². The van der Waals surface area contributed by atoms with Gasteiger partial charge in [-0.05, 0) is 56.9 Å². The topological polar surface area (TPSA) is 54.7 Å². The monoisotopic (exact) mass is 330 g/mol. The molecule has 1 aliphatic rings. The van der Waals surface area contributed by atoms with Crippen LogP contribution in [0.5, 0.6) is 5.75 Å². The molecule has 5 nitrogen and oxygen atoms in total. The van der Waals surface area contributed by atoms with Gasteiger partial charge in [0.2, 0.25) is 0 Å². The normalized spacial score (nSPS) is 16.4. The predicted molar refractivity (Wildman–Crippen MR) is 94.6 cm³/mol. The van der Waals surface area contributed by atoms with E-state index in [2.05, 4.69) is 17.1 Å². The van der Waals surface area contributed by atoms with Crippen LogP contribution in [0.3, 0.4) is 0 Å². The van der Waals surface area contributed by atoms with E-state index in [1.165, 1.54) is 25.9 Å². The van der Waals surface area contributed by atoms with Crippen LogP contribution in [0.4, 0.5) is 0 Å². The summed E-state index contributed by atoms with van der Waals surface area (Å²) in [6, 6.07) is 7.39. The number of fused-ring (bicyclic) bond motifs is 1. The number of methoxy groups -OCH3 is 1. The van der Waals surface area contributed by atoms with E-state index in [1.54, 1.807) is 13.2 Å². The van der Waals surface area contributed by atoms with Gasteiger partial charge >= 0.3 is 0 Å². The van der Waals surface area contributed by atoms with E-state index in [0.717, 1.165) is 24.3 Å². The molecule has 1 amide bonds. The highest BCUT2D eigenvalue weighted by Gasteiger charge is 2.16. The number of nitrogens with one attached hydrogen (secondary N) is 1. The zero-order valence-electron chi connectivity index (χ0n) is 14.5. The first-order valence-corrected chi connectivity index (χ1v) is 8.74. The highest BCUT2D eigenvalue weighted by Crippen LogP contribution is 2.28. The van der Waals surface area contributed by atoms with Gasteiger partial charge in [-0.25, -0.2) is 0 Å². The molecular formula is C19H26N2O3. The summed E-state index contributed by atoms with van der Waals surface area (Å²) in [5.74, 6) is 1.67. The minimum absolute atomic E-state index is 0.166. The second-order valence-corrected chi connectivity index (χ2v) is 6.62. The first-order valence-electron chi connectivity index (χ1n) is 8.74. The number of likely N-dealkylation sites (tertiary alicyclic amines) is 1. The van der Waals surface area contributed by atoms with Gasteiger partial charge in [-0.3, -0.25) is 4.79 Å². The third kappa shape index (κ3) is 3.90. The Bertz CT molecular complexity index is 687. The lowest BCUT2D eigenvalue weighted by molar-refractivity contribution is 0.0925. The summed E-state index contributed by atoms with van der Waals surface area (Å²) >= 11 is 0. The van der Waals surface area contributed by atoms with Crippen LogP contribution in [-0.4, -0.2) is 44.1 Å². The standard InChI is InChI=1S/C19H26N2O3/c1-14-7-11-21(12-8-14)10-4-9-20-19(22)17-13-15-5-3-6-16(23-2)18(15)24-17/h3,5-6,13-14H,4,7-12H2,1-2H3,(H,20,22). The minimum Gasteiger partial charge on any atom is -0.493 e. The molecule has 0 atom stereocenters. The van der Waals surface area contributed by atoms with Gasteiger partial charge in [0.25, 0.3) is 5.91 Å². The lowest BCUT2D eigenvalue weighted by Gasteiger charge is -2.30. The molecule has 1 fully saturated rings. The quantitative estimate of drug-likeness (QED) is 0.826. The molecule has 130 valence electrons. The van der Waals surface area contributed by atoms with Gasteiger partial charge in [0.05, 0.1) is 7.11 Å². The maximum Gasteiger partial charge on any atom is 0.287 e. The zero-order chi connectivity index (χ0) is 16.9. The molecule has 0 bridgehead atoms. The number of nitrogens with zero attached hydrogens (tertiary/aromatic N) is 1. The van der Waals surface area contributed by atoms with E-state index in [4.69, 9.17) is 9.15 Å². The van der Waals surface area contributed by atoms with E-state index >= 15 is 0 Å². The van der Waals surface area contributed by atoms with Crippen LogP contribution >= 0.6 is 0 Å². The van der Waals surface area contributed by atoms with Crippen LogP contribution in [-0.2, 0) is 0 Å². The number of carbonyl (C=O) groups excluding carboxylic acids is 1. The van der Waals surface area contributed by atoms with Crippen molar-refractivity contribution in [3.05, 3.63) is 30.0 Å². The fourth-order valence-electron chi connectivity index (χ4n) is 3.19. The molecule has 1 saturated heterocycles. The molecule has 0 radical (unpaired) electrons. The van der Waals surface area contributed by atoms with E-state index in [-0.39, 0.29) is 5.91 Å². The molecule has 2 heterocycles. The first kappa shape index (κ1) is 16.8. The number of benzene rings is 1. The van der Waals surface area contributed by atoms with Gasteiger partial charge in [0.15, 0.2) is 17.1 Å². The Kier molecular flexibility index (Phi) is 5.41. The second kappa shape index (κ2) is 7.71. The largest absolute Gasteiger partial charge is 0.493 e. The lowest BCUT2D eigenvalue weighted by Crippen LogP contribution is -2.35. The number of piperidine rings is 1. The molecule has 0 unspecified atom stereocenters. The summed E-state index contributed by atoms with van der Waals surface area (Å²) in [6.45, 7) is 6.39. The van der Waals surface area contributed by atoms with E-state index in [0.29, 0.717) is 23.6 Å².